The lowest BCUT2D eigenvalue weighted by Gasteiger charge is -2.14. The van der Waals surface area contributed by atoms with Crippen LogP contribution >= 0.6 is 0 Å². The zero-order chi connectivity index (χ0) is 23.5. The van der Waals surface area contributed by atoms with Crippen LogP contribution in [0.3, 0.4) is 0 Å². The number of benzene rings is 2. The van der Waals surface area contributed by atoms with E-state index in [1.54, 1.807) is 51.7 Å². The van der Waals surface area contributed by atoms with Crippen LogP contribution in [-0.4, -0.2) is 37.3 Å². The molecular formula is C23H22N4O6. The van der Waals surface area contributed by atoms with E-state index in [-0.39, 0.29) is 11.7 Å². The molecule has 33 heavy (non-hydrogen) atoms. The largest absolute Gasteiger partial charge is 0.594 e. The first-order valence-electron chi connectivity index (χ1n) is 9.99. The molecule has 0 bridgehead atoms. The molecule has 0 radical (unpaired) electrons. The van der Waals surface area contributed by atoms with Gasteiger partial charge in [-0.2, -0.15) is 0 Å². The molecule has 2 aromatic carbocycles. The van der Waals surface area contributed by atoms with E-state index >= 15 is 0 Å². The number of nitrogens with zero attached hydrogens (tertiary/aromatic N) is 3. The van der Waals surface area contributed by atoms with Gasteiger partial charge in [0.1, 0.15) is 28.5 Å². The Labute approximate surface area is 189 Å². The number of anilines is 1. The molecule has 0 aliphatic carbocycles. The summed E-state index contributed by atoms with van der Waals surface area (Å²) in [7, 11) is 4.65. The minimum atomic E-state index is -0.582. The van der Waals surface area contributed by atoms with Crippen molar-refractivity contribution in [3.05, 3.63) is 70.3 Å². The van der Waals surface area contributed by atoms with Crippen LogP contribution in [0.4, 0.5) is 5.95 Å². The number of hydrogen-bond acceptors (Lipinski definition) is 8. The Morgan fingerprint density at radius 2 is 1.79 bits per heavy atom. The number of methoxy groups -OCH3 is 3. The van der Waals surface area contributed by atoms with Gasteiger partial charge in [0.15, 0.2) is 5.76 Å². The molecule has 0 fully saturated rings. The Kier molecular flexibility index (Phi) is 5.99. The molecule has 0 saturated carbocycles. The van der Waals surface area contributed by atoms with E-state index in [4.69, 9.17) is 18.6 Å². The lowest BCUT2D eigenvalue weighted by Crippen LogP contribution is -2.34. The maximum atomic E-state index is 12.6. The summed E-state index contributed by atoms with van der Waals surface area (Å²) in [5, 5.41) is 18.5. The predicted octanol–water partition coefficient (Wildman–Crippen LogP) is 3.03. The molecule has 10 nitrogen and oxygen atoms in total. The number of fused-ring (bicyclic) bond motifs is 1. The van der Waals surface area contributed by atoms with Crippen molar-refractivity contribution in [2.45, 2.75) is 13.3 Å². The Morgan fingerprint density at radius 1 is 1.06 bits per heavy atom. The molecule has 1 N–H and O–H groups in total. The molecule has 4 rings (SSSR count). The molecule has 0 spiro atoms. The first-order valence-corrected chi connectivity index (χ1v) is 9.99. The van der Waals surface area contributed by atoms with Gasteiger partial charge in [0.2, 0.25) is 0 Å². The summed E-state index contributed by atoms with van der Waals surface area (Å²) in [6, 6.07) is 11.9. The molecule has 0 unspecified atom stereocenters. The van der Waals surface area contributed by atoms with E-state index in [0.717, 1.165) is 11.1 Å². The standard InChI is InChI=1S/C23H22N4O6/c1-13-5-7-17-18(9-13)27(29)26-23(24-17)25-22(28)19-8-6-14(33-19)10-16-20(31-3)11-15(30-2)12-21(16)32-4/h5-9,11-12H,10H2,1-4H3,(H,24,25,26,28). The molecule has 4 aromatic rings. The molecule has 0 atom stereocenters. The third kappa shape index (κ3) is 4.49. The minimum absolute atomic E-state index is 0.0431. The molecule has 10 heteroatoms. The van der Waals surface area contributed by atoms with Crippen molar-refractivity contribution in [3.8, 4) is 17.2 Å². The molecule has 0 aliphatic rings. The van der Waals surface area contributed by atoms with E-state index in [0.29, 0.717) is 45.3 Å². The fourth-order valence-corrected chi connectivity index (χ4v) is 3.39. The fourth-order valence-electron chi connectivity index (χ4n) is 3.39. The second-order valence-corrected chi connectivity index (χ2v) is 7.21. The number of carbonyl (C=O) groups excluding carboxylic acids is 1. The van der Waals surface area contributed by atoms with Gasteiger partial charge >= 0.3 is 0 Å². The van der Waals surface area contributed by atoms with Gasteiger partial charge in [0.05, 0.1) is 26.4 Å². The van der Waals surface area contributed by atoms with Gasteiger partial charge in [-0.15, -0.1) is 0 Å². The quantitative estimate of drug-likeness (QED) is 0.337. The van der Waals surface area contributed by atoms with E-state index in [2.05, 4.69) is 15.4 Å². The molecule has 0 aliphatic heterocycles. The molecule has 1 amide bonds. The topological polar surface area (TPSA) is 123 Å². The number of nitrogens with one attached hydrogen (secondary N) is 1. The van der Waals surface area contributed by atoms with Crippen LogP contribution < -0.4 is 24.4 Å². The number of aromatic nitrogens is 3. The Balaban J connectivity index is 1.55. The van der Waals surface area contributed by atoms with Crippen LogP contribution in [-0.2, 0) is 6.42 Å². The van der Waals surface area contributed by atoms with Gasteiger partial charge in [-0.25, -0.2) is 4.98 Å². The highest BCUT2D eigenvalue weighted by Crippen LogP contribution is 2.35. The van der Waals surface area contributed by atoms with Crippen molar-refractivity contribution in [1.29, 1.82) is 0 Å². The first-order chi connectivity index (χ1) is 15.9. The highest BCUT2D eigenvalue weighted by Gasteiger charge is 2.19. The highest BCUT2D eigenvalue weighted by atomic mass is 16.5. The summed E-state index contributed by atoms with van der Waals surface area (Å²) in [5.41, 5.74) is 2.37. The second-order valence-electron chi connectivity index (χ2n) is 7.21. The Morgan fingerprint density at radius 3 is 2.45 bits per heavy atom. The number of ether oxygens (including phenoxy) is 3. The smallest absolute Gasteiger partial charge is 0.297 e. The van der Waals surface area contributed by atoms with Crippen molar-refractivity contribution in [1.82, 2.24) is 10.1 Å². The average molecular weight is 450 g/mol. The molecule has 0 saturated heterocycles. The average Bonchev–Trinajstić information content (AvgIpc) is 3.28. The normalized spacial score (nSPS) is 10.8. The van der Waals surface area contributed by atoms with Crippen LogP contribution in [0.2, 0.25) is 0 Å². The van der Waals surface area contributed by atoms with E-state index in [9.17, 15) is 10.0 Å². The summed E-state index contributed by atoms with van der Waals surface area (Å²) in [4.78, 5) is 17.3. The third-order valence-corrected chi connectivity index (χ3v) is 5.03. The van der Waals surface area contributed by atoms with E-state index in [1.165, 1.54) is 6.07 Å². The van der Waals surface area contributed by atoms with Crippen molar-refractivity contribution >= 4 is 22.9 Å². The number of hydrogen-bond donors (Lipinski definition) is 1. The van der Waals surface area contributed by atoms with Gasteiger partial charge in [0.25, 0.3) is 17.4 Å². The van der Waals surface area contributed by atoms with Gasteiger partial charge in [-0.05, 0) is 35.5 Å². The highest BCUT2D eigenvalue weighted by molar-refractivity contribution is 6.01. The Hall–Kier alpha value is -4.34. The molecule has 2 aromatic heterocycles. The third-order valence-electron chi connectivity index (χ3n) is 5.03. The van der Waals surface area contributed by atoms with Gasteiger partial charge in [0, 0.05) is 30.2 Å². The summed E-state index contributed by atoms with van der Waals surface area (Å²) < 4.78 is 21.9. The number of carbonyl (C=O) groups is 1. The monoisotopic (exact) mass is 450 g/mol. The summed E-state index contributed by atoms with van der Waals surface area (Å²) in [6.45, 7) is 1.86. The summed E-state index contributed by atoms with van der Waals surface area (Å²) in [5.74, 6) is 1.57. The first kappa shape index (κ1) is 21.9. The van der Waals surface area contributed by atoms with Crippen LogP contribution in [0.25, 0.3) is 11.0 Å². The molecular weight excluding hydrogens is 428 g/mol. The van der Waals surface area contributed by atoms with Gasteiger partial charge in [-0.1, -0.05) is 6.07 Å². The van der Waals surface area contributed by atoms with Crippen molar-refractivity contribution in [2.75, 3.05) is 26.6 Å². The van der Waals surface area contributed by atoms with Gasteiger partial charge < -0.3 is 23.8 Å². The second kappa shape index (κ2) is 9.03. The fraction of sp³-hybridized carbons (Fsp3) is 0.217. The molecule has 170 valence electrons. The predicted molar refractivity (Wildman–Crippen MR) is 119 cm³/mol. The van der Waals surface area contributed by atoms with Crippen molar-refractivity contribution in [3.63, 3.8) is 0 Å². The zero-order valence-corrected chi connectivity index (χ0v) is 18.5. The van der Waals surface area contributed by atoms with Crippen molar-refractivity contribution in [2.24, 2.45) is 0 Å². The number of aryl methyl sites for hydroxylation is 1. The van der Waals surface area contributed by atoms with E-state index < -0.39 is 5.91 Å². The lowest BCUT2D eigenvalue weighted by atomic mass is 10.1. The lowest BCUT2D eigenvalue weighted by molar-refractivity contribution is -0.641. The number of rotatable bonds is 7. The number of furan rings is 1. The zero-order valence-electron chi connectivity index (χ0n) is 18.5. The summed E-state index contributed by atoms with van der Waals surface area (Å²) in [6.07, 6.45) is 0.315. The number of amides is 1. The van der Waals surface area contributed by atoms with Crippen LogP contribution in [0.15, 0.2) is 46.9 Å². The van der Waals surface area contributed by atoms with Crippen molar-refractivity contribution < 1.29 is 28.3 Å². The molecule has 2 heterocycles. The van der Waals surface area contributed by atoms with Gasteiger partial charge in [-0.3, -0.25) is 10.1 Å². The summed E-state index contributed by atoms with van der Waals surface area (Å²) >= 11 is 0. The Bertz CT molecular complexity index is 1310. The maximum absolute atomic E-state index is 12.6. The van der Waals surface area contributed by atoms with Crippen LogP contribution in [0, 0.1) is 12.1 Å². The minimum Gasteiger partial charge on any atom is -0.594 e. The van der Waals surface area contributed by atoms with E-state index in [1.807, 2.05) is 13.0 Å². The van der Waals surface area contributed by atoms with Crippen LogP contribution in [0.5, 0.6) is 17.2 Å². The SMILES string of the molecule is COc1cc(OC)c(Cc2ccc(C(=O)Nc3nc4ccc(C)cc4[n+]([O-])n3)o2)c(OC)c1. The maximum Gasteiger partial charge on any atom is 0.297 e. The van der Waals surface area contributed by atoms with Crippen LogP contribution in [0.1, 0.15) is 27.4 Å².